The van der Waals surface area contributed by atoms with Gasteiger partial charge in [0.05, 0.1) is 11.4 Å². The van der Waals surface area contributed by atoms with Gasteiger partial charge < -0.3 is 15.2 Å². The summed E-state index contributed by atoms with van der Waals surface area (Å²) in [5.41, 5.74) is 12.0. The van der Waals surface area contributed by atoms with Gasteiger partial charge in [-0.3, -0.25) is 9.59 Å². The molecule has 1 aliphatic carbocycles. The number of hydrogen-bond donors (Lipinski definition) is 1. The number of nitrogens with two attached hydrogens (primary N) is 1. The first-order valence-corrected chi connectivity index (χ1v) is 11.1. The van der Waals surface area contributed by atoms with Crippen LogP contribution in [-0.4, -0.2) is 41.1 Å². The SMILES string of the molecule is CCCCC1C=Cc2c(cc(-c3ccc4c(c3)N=C(N)CC(C(=O)N(C)C)=C4)n2C)C1=O. The van der Waals surface area contributed by atoms with Gasteiger partial charge in [-0.1, -0.05) is 38.0 Å². The number of nitrogens with zero attached hydrogens (tertiary/aromatic N) is 3. The molecule has 0 radical (unpaired) electrons. The van der Waals surface area contributed by atoms with E-state index >= 15 is 0 Å². The Morgan fingerprint density at radius 1 is 1.28 bits per heavy atom. The van der Waals surface area contributed by atoms with Gasteiger partial charge in [0.2, 0.25) is 5.91 Å². The largest absolute Gasteiger partial charge is 0.387 e. The average molecular weight is 431 g/mol. The molecule has 2 aliphatic rings. The van der Waals surface area contributed by atoms with Gasteiger partial charge in [0, 0.05) is 61.4 Å². The number of rotatable bonds is 5. The van der Waals surface area contributed by atoms with E-state index in [2.05, 4.69) is 22.6 Å². The first-order valence-electron chi connectivity index (χ1n) is 11.1. The van der Waals surface area contributed by atoms with Crippen LogP contribution in [0.25, 0.3) is 23.4 Å². The van der Waals surface area contributed by atoms with Crippen LogP contribution < -0.4 is 5.73 Å². The zero-order chi connectivity index (χ0) is 23.0. The molecule has 1 aromatic carbocycles. The number of fused-ring (bicyclic) bond motifs is 2. The minimum absolute atomic E-state index is 0.0352. The van der Waals surface area contributed by atoms with Crippen LogP contribution in [0.5, 0.6) is 0 Å². The quantitative estimate of drug-likeness (QED) is 0.754. The molecule has 0 saturated heterocycles. The Bertz CT molecular complexity index is 1180. The zero-order valence-corrected chi connectivity index (χ0v) is 19.2. The lowest BCUT2D eigenvalue weighted by molar-refractivity contribution is -0.124. The standard InChI is InChI=1S/C26H30N4O2/c1-5-6-7-16-10-11-22-20(25(16)31)15-23(30(22)4)18-9-8-17-12-19(26(32)29(2)3)14-24(27)28-21(17)13-18/h8-13,15-16H,5-7,14H2,1-4H3,(H2,27,28). The highest BCUT2D eigenvalue weighted by molar-refractivity contribution is 6.06. The fraction of sp³-hybridized carbons (Fsp3) is 0.346. The molecule has 4 rings (SSSR count). The third-order valence-electron chi connectivity index (χ3n) is 6.21. The first-order chi connectivity index (χ1) is 15.3. The second kappa shape index (κ2) is 8.61. The summed E-state index contributed by atoms with van der Waals surface area (Å²) in [5.74, 6) is 0.500. The maximum absolute atomic E-state index is 13.0. The van der Waals surface area contributed by atoms with Crippen LogP contribution in [0.2, 0.25) is 0 Å². The molecule has 1 amide bonds. The lowest BCUT2D eigenvalue weighted by Gasteiger charge is -2.16. The summed E-state index contributed by atoms with van der Waals surface area (Å²) in [7, 11) is 5.44. The highest BCUT2D eigenvalue weighted by atomic mass is 16.2. The van der Waals surface area contributed by atoms with E-state index in [1.807, 2.05) is 43.5 Å². The van der Waals surface area contributed by atoms with E-state index in [9.17, 15) is 9.59 Å². The highest BCUT2D eigenvalue weighted by Gasteiger charge is 2.27. The normalized spacial score (nSPS) is 17.2. The van der Waals surface area contributed by atoms with Crippen LogP contribution in [0.15, 0.2) is 40.9 Å². The van der Waals surface area contributed by atoms with Gasteiger partial charge in [-0.15, -0.1) is 0 Å². The first kappa shape index (κ1) is 21.8. The Morgan fingerprint density at radius 2 is 2.06 bits per heavy atom. The van der Waals surface area contributed by atoms with Gasteiger partial charge in [0.25, 0.3) is 0 Å². The summed E-state index contributed by atoms with van der Waals surface area (Å²) in [4.78, 5) is 31.6. The monoisotopic (exact) mass is 430 g/mol. The summed E-state index contributed by atoms with van der Waals surface area (Å²) < 4.78 is 2.06. The zero-order valence-electron chi connectivity index (χ0n) is 19.2. The summed E-state index contributed by atoms with van der Waals surface area (Å²) in [6.07, 6.45) is 9.32. The van der Waals surface area contributed by atoms with Crippen LogP contribution in [-0.2, 0) is 11.8 Å². The van der Waals surface area contributed by atoms with E-state index in [1.54, 1.807) is 19.0 Å². The lowest BCUT2D eigenvalue weighted by atomic mass is 9.88. The number of ketones is 1. The number of aliphatic imine (C=N–C) groups is 1. The van der Waals surface area contributed by atoms with Crippen molar-refractivity contribution in [3.05, 3.63) is 52.7 Å². The second-order valence-corrected chi connectivity index (χ2v) is 8.78. The number of likely N-dealkylation sites (N-methyl/N-ethyl adjacent to an activating group) is 1. The van der Waals surface area contributed by atoms with Crippen molar-refractivity contribution in [2.45, 2.75) is 32.6 Å². The van der Waals surface area contributed by atoms with Crippen LogP contribution >= 0.6 is 0 Å². The highest BCUT2D eigenvalue weighted by Crippen LogP contribution is 2.36. The fourth-order valence-electron chi connectivity index (χ4n) is 4.41. The predicted molar refractivity (Wildman–Crippen MR) is 130 cm³/mol. The topological polar surface area (TPSA) is 80.7 Å². The van der Waals surface area contributed by atoms with Crippen LogP contribution in [0.1, 0.15) is 54.2 Å². The molecular formula is C26H30N4O2. The molecule has 2 N–H and O–H groups in total. The molecule has 1 unspecified atom stereocenters. The third-order valence-corrected chi connectivity index (χ3v) is 6.21. The number of Topliss-reactive ketones (excluding diaryl/α,β-unsaturated/α-hetero) is 1. The molecule has 0 bridgehead atoms. The molecule has 6 heteroatoms. The number of hydrogen-bond acceptors (Lipinski definition) is 4. The maximum Gasteiger partial charge on any atom is 0.249 e. The number of carbonyl (C=O) groups is 2. The number of carbonyl (C=O) groups excluding carboxylic acids is 2. The van der Waals surface area contributed by atoms with Crippen molar-refractivity contribution in [1.29, 1.82) is 0 Å². The van der Waals surface area contributed by atoms with E-state index < -0.39 is 0 Å². The van der Waals surface area contributed by atoms with Gasteiger partial charge in [-0.2, -0.15) is 0 Å². The van der Waals surface area contributed by atoms with Crippen molar-refractivity contribution < 1.29 is 9.59 Å². The minimum atomic E-state index is -0.0712. The summed E-state index contributed by atoms with van der Waals surface area (Å²) in [5, 5.41) is 0. The molecule has 0 saturated carbocycles. The van der Waals surface area contributed by atoms with E-state index in [0.717, 1.165) is 53.0 Å². The number of unbranched alkanes of at least 4 members (excludes halogenated alkanes) is 1. The Hall–Kier alpha value is -3.41. The average Bonchev–Trinajstić information content (AvgIpc) is 3.00. The third kappa shape index (κ3) is 3.93. The van der Waals surface area contributed by atoms with Gasteiger partial charge in [0.15, 0.2) is 5.78 Å². The van der Waals surface area contributed by atoms with Crippen LogP contribution in [0.3, 0.4) is 0 Å². The Morgan fingerprint density at radius 3 is 2.78 bits per heavy atom. The summed E-state index contributed by atoms with van der Waals surface area (Å²) in [6, 6.07) is 7.94. The van der Waals surface area contributed by atoms with E-state index in [4.69, 9.17) is 5.73 Å². The molecule has 1 aromatic heterocycles. The fourth-order valence-corrected chi connectivity index (χ4v) is 4.41. The molecule has 2 aromatic rings. The molecular weight excluding hydrogens is 400 g/mol. The number of allylic oxidation sites excluding steroid dienone is 1. The van der Waals surface area contributed by atoms with Crippen molar-refractivity contribution in [2.24, 2.45) is 23.7 Å². The van der Waals surface area contributed by atoms with Gasteiger partial charge in [-0.25, -0.2) is 4.99 Å². The molecule has 1 atom stereocenters. The van der Waals surface area contributed by atoms with Crippen molar-refractivity contribution in [1.82, 2.24) is 9.47 Å². The molecule has 0 fully saturated rings. The van der Waals surface area contributed by atoms with Gasteiger partial charge in [-0.05, 0) is 30.7 Å². The van der Waals surface area contributed by atoms with Crippen LogP contribution in [0.4, 0.5) is 5.69 Å². The van der Waals surface area contributed by atoms with Crippen LogP contribution in [0, 0.1) is 5.92 Å². The van der Waals surface area contributed by atoms with Crippen molar-refractivity contribution in [2.75, 3.05) is 14.1 Å². The Balaban J connectivity index is 1.72. The van der Waals surface area contributed by atoms with Gasteiger partial charge >= 0.3 is 0 Å². The number of amidine groups is 1. The summed E-state index contributed by atoms with van der Waals surface area (Å²) in [6.45, 7) is 2.14. The lowest BCUT2D eigenvalue weighted by Crippen LogP contribution is -2.25. The van der Waals surface area contributed by atoms with E-state index in [-0.39, 0.29) is 17.6 Å². The summed E-state index contributed by atoms with van der Waals surface area (Å²) >= 11 is 0. The Kier molecular flexibility index (Phi) is 5.87. The van der Waals surface area contributed by atoms with Crippen molar-refractivity contribution in [3.63, 3.8) is 0 Å². The van der Waals surface area contributed by atoms with E-state index in [1.165, 1.54) is 0 Å². The smallest absolute Gasteiger partial charge is 0.249 e. The number of aromatic nitrogens is 1. The Labute approximate surface area is 189 Å². The van der Waals surface area contributed by atoms with Crippen molar-refractivity contribution >= 4 is 35.4 Å². The molecule has 6 nitrogen and oxygen atoms in total. The molecule has 2 heterocycles. The predicted octanol–water partition coefficient (Wildman–Crippen LogP) is 4.57. The number of benzene rings is 1. The maximum atomic E-state index is 13.0. The van der Waals surface area contributed by atoms with Crippen molar-refractivity contribution in [3.8, 4) is 11.3 Å². The molecule has 166 valence electrons. The second-order valence-electron chi connectivity index (χ2n) is 8.78. The molecule has 0 spiro atoms. The van der Waals surface area contributed by atoms with E-state index in [0.29, 0.717) is 17.8 Å². The number of amides is 1. The molecule has 32 heavy (non-hydrogen) atoms. The van der Waals surface area contributed by atoms with Gasteiger partial charge in [0.1, 0.15) is 5.84 Å². The molecule has 1 aliphatic heterocycles. The minimum Gasteiger partial charge on any atom is -0.387 e.